The van der Waals surface area contributed by atoms with Crippen molar-refractivity contribution in [1.82, 2.24) is 5.32 Å². The van der Waals surface area contributed by atoms with E-state index in [1.54, 1.807) is 7.11 Å². The minimum Gasteiger partial charge on any atom is -0.496 e. The van der Waals surface area contributed by atoms with Gasteiger partial charge in [0, 0.05) is 17.4 Å². The Morgan fingerprint density at radius 3 is 2.50 bits per heavy atom. The SMILES string of the molecule is CNC(CS)c1ccc(C(C)C)cc1OC. The third kappa shape index (κ3) is 2.92. The van der Waals surface area contributed by atoms with Crippen LogP contribution in [0.2, 0.25) is 0 Å². The van der Waals surface area contributed by atoms with Crippen molar-refractivity contribution >= 4 is 12.6 Å². The van der Waals surface area contributed by atoms with E-state index in [4.69, 9.17) is 4.74 Å². The molecule has 0 aliphatic rings. The Labute approximate surface area is 104 Å². The van der Waals surface area contributed by atoms with Gasteiger partial charge in [-0.2, -0.15) is 12.6 Å². The molecular formula is C13H21NOS. The van der Waals surface area contributed by atoms with Gasteiger partial charge in [0.1, 0.15) is 5.75 Å². The summed E-state index contributed by atoms with van der Waals surface area (Å²) in [7, 11) is 3.66. The van der Waals surface area contributed by atoms with Crippen LogP contribution in [0.25, 0.3) is 0 Å². The molecule has 0 aromatic heterocycles. The third-order valence-corrected chi connectivity index (χ3v) is 3.20. The predicted molar refractivity (Wildman–Crippen MR) is 72.7 cm³/mol. The van der Waals surface area contributed by atoms with Crippen LogP contribution in [0.15, 0.2) is 18.2 Å². The lowest BCUT2D eigenvalue weighted by atomic mass is 9.98. The van der Waals surface area contributed by atoms with E-state index in [0.717, 1.165) is 11.5 Å². The van der Waals surface area contributed by atoms with Gasteiger partial charge in [0.05, 0.1) is 7.11 Å². The highest BCUT2D eigenvalue weighted by molar-refractivity contribution is 7.80. The summed E-state index contributed by atoms with van der Waals surface area (Å²) < 4.78 is 5.45. The van der Waals surface area contributed by atoms with E-state index in [1.165, 1.54) is 11.1 Å². The van der Waals surface area contributed by atoms with Crippen molar-refractivity contribution in [1.29, 1.82) is 0 Å². The molecule has 3 heteroatoms. The monoisotopic (exact) mass is 239 g/mol. The van der Waals surface area contributed by atoms with Gasteiger partial charge in [-0.05, 0) is 24.6 Å². The smallest absolute Gasteiger partial charge is 0.123 e. The summed E-state index contributed by atoms with van der Waals surface area (Å²) in [5.74, 6) is 2.22. The van der Waals surface area contributed by atoms with Crippen LogP contribution in [-0.4, -0.2) is 19.9 Å². The minimum atomic E-state index is 0.236. The van der Waals surface area contributed by atoms with E-state index in [-0.39, 0.29) is 6.04 Å². The van der Waals surface area contributed by atoms with Crippen molar-refractivity contribution in [2.75, 3.05) is 19.9 Å². The second kappa shape index (κ2) is 6.16. The quantitative estimate of drug-likeness (QED) is 0.771. The highest BCUT2D eigenvalue weighted by Gasteiger charge is 2.13. The molecule has 0 heterocycles. The third-order valence-electron chi connectivity index (χ3n) is 2.83. The molecule has 16 heavy (non-hydrogen) atoms. The van der Waals surface area contributed by atoms with Crippen LogP contribution in [0.1, 0.15) is 36.9 Å². The van der Waals surface area contributed by atoms with Gasteiger partial charge < -0.3 is 10.1 Å². The number of nitrogens with one attached hydrogen (secondary N) is 1. The highest BCUT2D eigenvalue weighted by atomic mass is 32.1. The fourth-order valence-corrected chi connectivity index (χ4v) is 2.10. The molecule has 0 spiro atoms. The summed E-state index contributed by atoms with van der Waals surface area (Å²) >= 11 is 4.34. The zero-order valence-corrected chi connectivity index (χ0v) is 11.3. The summed E-state index contributed by atoms with van der Waals surface area (Å²) in [4.78, 5) is 0. The van der Waals surface area contributed by atoms with Gasteiger partial charge in [-0.3, -0.25) is 0 Å². The zero-order valence-electron chi connectivity index (χ0n) is 10.4. The second-order valence-electron chi connectivity index (χ2n) is 4.18. The van der Waals surface area contributed by atoms with Gasteiger partial charge in [0.25, 0.3) is 0 Å². The number of hydrogen-bond acceptors (Lipinski definition) is 3. The number of hydrogen-bond donors (Lipinski definition) is 2. The number of benzene rings is 1. The zero-order chi connectivity index (χ0) is 12.1. The van der Waals surface area contributed by atoms with Crippen LogP contribution in [-0.2, 0) is 0 Å². The fourth-order valence-electron chi connectivity index (χ4n) is 1.72. The van der Waals surface area contributed by atoms with Gasteiger partial charge in [-0.25, -0.2) is 0 Å². The van der Waals surface area contributed by atoms with Crippen LogP contribution < -0.4 is 10.1 Å². The molecule has 1 aromatic carbocycles. The Morgan fingerprint density at radius 1 is 1.38 bits per heavy atom. The van der Waals surface area contributed by atoms with E-state index in [9.17, 15) is 0 Å². The molecule has 90 valence electrons. The van der Waals surface area contributed by atoms with Gasteiger partial charge in [-0.1, -0.05) is 26.0 Å². The lowest BCUT2D eigenvalue weighted by Crippen LogP contribution is -2.18. The maximum absolute atomic E-state index is 5.45. The number of rotatable bonds is 5. The normalized spacial score (nSPS) is 12.9. The molecular weight excluding hydrogens is 218 g/mol. The number of thiol groups is 1. The molecule has 1 rings (SSSR count). The summed E-state index contributed by atoms with van der Waals surface area (Å²) in [5, 5.41) is 3.24. The first kappa shape index (κ1) is 13.4. The van der Waals surface area contributed by atoms with Crippen molar-refractivity contribution < 1.29 is 4.74 Å². The van der Waals surface area contributed by atoms with Crippen LogP contribution >= 0.6 is 12.6 Å². The molecule has 0 aliphatic carbocycles. The van der Waals surface area contributed by atoms with E-state index in [0.29, 0.717) is 5.92 Å². The maximum Gasteiger partial charge on any atom is 0.123 e. The van der Waals surface area contributed by atoms with E-state index >= 15 is 0 Å². The first-order valence-corrected chi connectivity index (χ1v) is 6.23. The molecule has 1 N–H and O–H groups in total. The molecule has 0 saturated carbocycles. The van der Waals surface area contributed by atoms with Crippen LogP contribution in [0.4, 0.5) is 0 Å². The Balaban J connectivity index is 3.10. The lowest BCUT2D eigenvalue weighted by molar-refractivity contribution is 0.403. The standard InChI is InChI=1S/C13H21NOS/c1-9(2)10-5-6-11(12(8-16)14-3)13(7-10)15-4/h5-7,9,12,14,16H,8H2,1-4H3. The van der Waals surface area contributed by atoms with Crippen LogP contribution in [0.5, 0.6) is 5.75 Å². The average Bonchev–Trinajstić information content (AvgIpc) is 2.30. The molecule has 0 bridgehead atoms. The number of ether oxygens (including phenoxy) is 1. The summed E-state index contributed by atoms with van der Waals surface area (Å²) in [5.41, 5.74) is 2.47. The van der Waals surface area contributed by atoms with Crippen molar-refractivity contribution in [2.45, 2.75) is 25.8 Å². The molecule has 1 aromatic rings. The van der Waals surface area contributed by atoms with Crippen molar-refractivity contribution in [3.63, 3.8) is 0 Å². The highest BCUT2D eigenvalue weighted by Crippen LogP contribution is 2.29. The average molecular weight is 239 g/mol. The summed E-state index contributed by atoms with van der Waals surface area (Å²) in [6.45, 7) is 4.37. The van der Waals surface area contributed by atoms with Gasteiger partial charge in [0.2, 0.25) is 0 Å². The van der Waals surface area contributed by atoms with Crippen LogP contribution in [0, 0.1) is 0 Å². The Bertz CT molecular complexity index is 335. The largest absolute Gasteiger partial charge is 0.496 e. The van der Waals surface area contributed by atoms with Crippen molar-refractivity contribution in [3.8, 4) is 5.75 Å². The van der Waals surface area contributed by atoms with Gasteiger partial charge in [-0.15, -0.1) is 0 Å². The molecule has 0 aliphatic heterocycles. The van der Waals surface area contributed by atoms with Crippen molar-refractivity contribution in [2.24, 2.45) is 0 Å². The molecule has 1 atom stereocenters. The Hall–Kier alpha value is -0.670. The Kier molecular flexibility index (Phi) is 5.16. The summed E-state index contributed by atoms with van der Waals surface area (Å²) in [6.07, 6.45) is 0. The van der Waals surface area contributed by atoms with E-state index in [1.807, 2.05) is 7.05 Å². The van der Waals surface area contributed by atoms with Crippen LogP contribution in [0.3, 0.4) is 0 Å². The Morgan fingerprint density at radius 2 is 2.06 bits per heavy atom. The molecule has 0 fully saturated rings. The van der Waals surface area contributed by atoms with E-state index in [2.05, 4.69) is 50.0 Å². The molecule has 1 unspecified atom stereocenters. The summed E-state index contributed by atoms with van der Waals surface area (Å²) in [6, 6.07) is 6.65. The molecule has 2 nitrogen and oxygen atoms in total. The molecule has 0 radical (unpaired) electrons. The van der Waals surface area contributed by atoms with Gasteiger partial charge >= 0.3 is 0 Å². The lowest BCUT2D eigenvalue weighted by Gasteiger charge is -2.19. The second-order valence-corrected chi connectivity index (χ2v) is 4.55. The molecule has 0 saturated heterocycles. The fraction of sp³-hybridized carbons (Fsp3) is 0.538. The van der Waals surface area contributed by atoms with Gasteiger partial charge in [0.15, 0.2) is 0 Å². The number of methoxy groups -OCH3 is 1. The molecule has 0 amide bonds. The van der Waals surface area contributed by atoms with E-state index < -0.39 is 0 Å². The topological polar surface area (TPSA) is 21.3 Å². The maximum atomic E-state index is 5.45. The first-order valence-electron chi connectivity index (χ1n) is 5.60. The van der Waals surface area contributed by atoms with Crippen molar-refractivity contribution in [3.05, 3.63) is 29.3 Å². The predicted octanol–water partition coefficient (Wildman–Crippen LogP) is 3.01. The first-order chi connectivity index (χ1) is 7.63. The minimum absolute atomic E-state index is 0.236.